The van der Waals surface area contributed by atoms with Crippen LogP contribution in [0.1, 0.15) is 26.2 Å². The summed E-state index contributed by atoms with van der Waals surface area (Å²) in [5.74, 6) is -0.200. The summed E-state index contributed by atoms with van der Waals surface area (Å²) >= 11 is 0. The van der Waals surface area contributed by atoms with Gasteiger partial charge in [0.05, 0.1) is 0 Å². The molecule has 0 aromatic heterocycles. The van der Waals surface area contributed by atoms with Crippen LogP contribution in [0.15, 0.2) is 0 Å². The zero-order valence-electron chi connectivity index (χ0n) is 8.96. The lowest BCUT2D eigenvalue weighted by atomic mass is 10.1. The van der Waals surface area contributed by atoms with E-state index in [1.165, 1.54) is 19.3 Å². The van der Waals surface area contributed by atoms with Crippen LogP contribution in [0.4, 0.5) is 0 Å². The molecule has 0 saturated carbocycles. The molecule has 82 valence electrons. The molecule has 1 fully saturated rings. The maximum Gasteiger partial charge on any atom is 0.236 e. The van der Waals surface area contributed by atoms with Crippen molar-refractivity contribution >= 4 is 5.91 Å². The first-order valence-electron chi connectivity index (χ1n) is 5.49. The van der Waals surface area contributed by atoms with E-state index in [-0.39, 0.29) is 11.9 Å². The van der Waals surface area contributed by atoms with Crippen molar-refractivity contribution in [1.82, 2.24) is 10.2 Å². The first-order valence-corrected chi connectivity index (χ1v) is 5.49. The molecule has 4 nitrogen and oxygen atoms in total. The molecule has 4 heteroatoms. The summed E-state index contributed by atoms with van der Waals surface area (Å²) in [4.78, 5) is 13.3. The van der Waals surface area contributed by atoms with Gasteiger partial charge < -0.3 is 11.1 Å². The number of nitrogens with zero attached hydrogens (tertiary/aromatic N) is 1. The molecule has 0 aromatic rings. The minimum absolute atomic E-state index is 0.0967. The van der Waals surface area contributed by atoms with Crippen LogP contribution in [-0.4, -0.2) is 43.0 Å². The zero-order chi connectivity index (χ0) is 10.4. The van der Waals surface area contributed by atoms with Gasteiger partial charge in [0.15, 0.2) is 0 Å². The van der Waals surface area contributed by atoms with Crippen molar-refractivity contribution in [1.29, 1.82) is 0 Å². The third-order valence-electron chi connectivity index (χ3n) is 2.73. The van der Waals surface area contributed by atoms with Crippen molar-refractivity contribution in [3.63, 3.8) is 0 Å². The van der Waals surface area contributed by atoms with Gasteiger partial charge in [0.2, 0.25) is 5.91 Å². The maximum absolute atomic E-state index is 11.1. The molecule has 1 heterocycles. The summed E-state index contributed by atoms with van der Waals surface area (Å²) in [6.07, 6.45) is 3.61. The molecule has 14 heavy (non-hydrogen) atoms. The second kappa shape index (κ2) is 5.98. The Morgan fingerprint density at radius 1 is 1.57 bits per heavy atom. The third kappa shape index (κ3) is 3.27. The second-order valence-electron chi connectivity index (χ2n) is 3.87. The van der Waals surface area contributed by atoms with Crippen LogP contribution < -0.4 is 11.1 Å². The van der Waals surface area contributed by atoms with Crippen molar-refractivity contribution in [3.8, 4) is 0 Å². The molecule has 1 aliphatic rings. The Kier molecular flexibility index (Phi) is 4.90. The first-order chi connectivity index (χ1) is 6.75. The number of unbranched alkanes of at least 4 members (excludes halogenated alkanes) is 2. The maximum atomic E-state index is 11.1. The molecule has 1 saturated heterocycles. The SMILES string of the molecule is CCCCCN1CCNCC1C(N)=O. The van der Waals surface area contributed by atoms with E-state index in [1.54, 1.807) is 0 Å². The summed E-state index contributed by atoms with van der Waals surface area (Å²) in [5.41, 5.74) is 5.34. The number of carbonyl (C=O) groups excluding carboxylic acids is 1. The van der Waals surface area contributed by atoms with E-state index in [4.69, 9.17) is 5.73 Å². The Bertz CT molecular complexity index is 184. The molecule has 0 radical (unpaired) electrons. The zero-order valence-corrected chi connectivity index (χ0v) is 8.96. The number of carbonyl (C=O) groups is 1. The van der Waals surface area contributed by atoms with E-state index in [2.05, 4.69) is 17.1 Å². The van der Waals surface area contributed by atoms with Crippen molar-refractivity contribution in [2.75, 3.05) is 26.2 Å². The van der Waals surface area contributed by atoms with E-state index in [0.717, 1.165) is 19.6 Å². The number of nitrogens with one attached hydrogen (secondary N) is 1. The van der Waals surface area contributed by atoms with Crippen LogP contribution >= 0.6 is 0 Å². The monoisotopic (exact) mass is 199 g/mol. The Morgan fingerprint density at radius 3 is 3.00 bits per heavy atom. The van der Waals surface area contributed by atoms with Gasteiger partial charge in [-0.1, -0.05) is 19.8 Å². The van der Waals surface area contributed by atoms with Gasteiger partial charge in [-0.25, -0.2) is 0 Å². The van der Waals surface area contributed by atoms with Gasteiger partial charge in [-0.15, -0.1) is 0 Å². The minimum atomic E-state index is -0.200. The summed E-state index contributed by atoms with van der Waals surface area (Å²) in [5, 5.41) is 3.19. The summed E-state index contributed by atoms with van der Waals surface area (Å²) < 4.78 is 0. The van der Waals surface area contributed by atoms with Crippen molar-refractivity contribution in [3.05, 3.63) is 0 Å². The quantitative estimate of drug-likeness (QED) is 0.610. The smallest absolute Gasteiger partial charge is 0.236 e. The topological polar surface area (TPSA) is 58.4 Å². The fourth-order valence-corrected chi connectivity index (χ4v) is 1.86. The fourth-order valence-electron chi connectivity index (χ4n) is 1.86. The Labute approximate surface area is 85.8 Å². The van der Waals surface area contributed by atoms with Crippen molar-refractivity contribution in [2.45, 2.75) is 32.2 Å². The van der Waals surface area contributed by atoms with Gasteiger partial charge in [0.1, 0.15) is 6.04 Å². The molecule has 3 N–H and O–H groups in total. The van der Waals surface area contributed by atoms with Crippen LogP contribution in [0, 0.1) is 0 Å². The molecule has 1 amide bonds. The highest BCUT2D eigenvalue weighted by Gasteiger charge is 2.25. The largest absolute Gasteiger partial charge is 0.368 e. The predicted octanol–water partition coefficient (Wildman–Crippen LogP) is -0.0643. The lowest BCUT2D eigenvalue weighted by Gasteiger charge is -2.34. The molecule has 1 rings (SSSR count). The molecular weight excluding hydrogens is 178 g/mol. The van der Waals surface area contributed by atoms with Gasteiger partial charge in [0.25, 0.3) is 0 Å². The highest BCUT2D eigenvalue weighted by molar-refractivity contribution is 5.80. The fraction of sp³-hybridized carbons (Fsp3) is 0.900. The highest BCUT2D eigenvalue weighted by atomic mass is 16.1. The normalized spacial score (nSPS) is 23.6. The first kappa shape index (κ1) is 11.5. The average Bonchev–Trinajstić information content (AvgIpc) is 2.19. The lowest BCUT2D eigenvalue weighted by Crippen LogP contribution is -2.56. The predicted molar refractivity (Wildman–Crippen MR) is 57.0 cm³/mol. The average molecular weight is 199 g/mol. The van der Waals surface area contributed by atoms with Crippen LogP contribution in [0.2, 0.25) is 0 Å². The van der Waals surface area contributed by atoms with E-state index >= 15 is 0 Å². The van der Waals surface area contributed by atoms with Gasteiger partial charge in [0, 0.05) is 19.6 Å². The van der Waals surface area contributed by atoms with Crippen LogP contribution in [0.25, 0.3) is 0 Å². The Hall–Kier alpha value is -0.610. The number of rotatable bonds is 5. The van der Waals surface area contributed by atoms with E-state index in [1.807, 2.05) is 0 Å². The second-order valence-corrected chi connectivity index (χ2v) is 3.87. The van der Waals surface area contributed by atoms with E-state index in [0.29, 0.717) is 6.54 Å². The minimum Gasteiger partial charge on any atom is -0.368 e. The summed E-state index contributed by atoms with van der Waals surface area (Å²) in [6, 6.07) is -0.0967. The highest BCUT2D eigenvalue weighted by Crippen LogP contribution is 2.05. The van der Waals surface area contributed by atoms with Crippen molar-refractivity contribution < 1.29 is 4.79 Å². The molecule has 1 atom stereocenters. The summed E-state index contributed by atoms with van der Waals surface area (Å²) in [6.45, 7) is 5.81. The number of hydrogen-bond acceptors (Lipinski definition) is 3. The molecule has 0 aromatic carbocycles. The van der Waals surface area contributed by atoms with Crippen LogP contribution in [-0.2, 0) is 4.79 Å². The number of nitrogens with two attached hydrogens (primary N) is 1. The number of piperazine rings is 1. The number of hydrogen-bond donors (Lipinski definition) is 2. The van der Waals surface area contributed by atoms with Crippen LogP contribution in [0.3, 0.4) is 0 Å². The standard InChI is InChI=1S/C10H21N3O/c1-2-3-4-6-13-7-5-12-8-9(13)10(11)14/h9,12H,2-8H2,1H3,(H2,11,14). The number of amides is 1. The van der Waals surface area contributed by atoms with Crippen molar-refractivity contribution in [2.24, 2.45) is 5.73 Å². The summed E-state index contributed by atoms with van der Waals surface area (Å²) in [7, 11) is 0. The number of primary amides is 1. The molecule has 1 aliphatic heterocycles. The van der Waals surface area contributed by atoms with Crippen LogP contribution in [0.5, 0.6) is 0 Å². The lowest BCUT2D eigenvalue weighted by molar-refractivity contribution is -0.123. The van der Waals surface area contributed by atoms with Gasteiger partial charge in [-0.2, -0.15) is 0 Å². The molecular formula is C10H21N3O. The molecule has 0 spiro atoms. The Morgan fingerprint density at radius 2 is 2.36 bits per heavy atom. The van der Waals surface area contributed by atoms with Gasteiger partial charge in [-0.05, 0) is 13.0 Å². The Balaban J connectivity index is 2.34. The van der Waals surface area contributed by atoms with E-state index in [9.17, 15) is 4.79 Å². The van der Waals surface area contributed by atoms with E-state index < -0.39 is 0 Å². The molecule has 1 unspecified atom stereocenters. The molecule has 0 aliphatic carbocycles. The van der Waals surface area contributed by atoms with Gasteiger partial charge >= 0.3 is 0 Å². The van der Waals surface area contributed by atoms with Gasteiger partial charge in [-0.3, -0.25) is 9.69 Å². The third-order valence-corrected chi connectivity index (χ3v) is 2.73. The molecule has 0 bridgehead atoms.